The second-order valence-electron chi connectivity index (χ2n) is 5.21. The van der Waals surface area contributed by atoms with Gasteiger partial charge in [-0.25, -0.2) is 4.39 Å². The van der Waals surface area contributed by atoms with E-state index in [9.17, 15) is 4.39 Å². The second kappa shape index (κ2) is 6.53. The van der Waals surface area contributed by atoms with Crippen molar-refractivity contribution in [2.45, 2.75) is 44.6 Å². The SMILES string of the molecule is CNC(Cc1cccc(F)c1Cl)C1CCCCC1. The minimum atomic E-state index is -0.312. The fourth-order valence-corrected chi connectivity index (χ4v) is 3.19. The van der Waals surface area contributed by atoms with Gasteiger partial charge in [-0.1, -0.05) is 43.0 Å². The first-order valence-corrected chi connectivity index (χ1v) is 7.20. The zero-order valence-corrected chi connectivity index (χ0v) is 11.6. The van der Waals surface area contributed by atoms with Crippen molar-refractivity contribution in [3.63, 3.8) is 0 Å². The van der Waals surface area contributed by atoms with E-state index in [0.717, 1.165) is 12.0 Å². The Morgan fingerprint density at radius 1 is 1.33 bits per heavy atom. The first-order chi connectivity index (χ1) is 8.72. The molecule has 1 nitrogen and oxygen atoms in total. The van der Waals surface area contributed by atoms with Gasteiger partial charge >= 0.3 is 0 Å². The van der Waals surface area contributed by atoms with Crippen LogP contribution in [0.25, 0.3) is 0 Å². The van der Waals surface area contributed by atoms with Gasteiger partial charge in [0.05, 0.1) is 5.02 Å². The van der Waals surface area contributed by atoms with E-state index in [1.807, 2.05) is 13.1 Å². The summed E-state index contributed by atoms with van der Waals surface area (Å²) < 4.78 is 13.4. The molecule has 1 aromatic carbocycles. The van der Waals surface area contributed by atoms with Crippen molar-refractivity contribution in [3.05, 3.63) is 34.6 Å². The van der Waals surface area contributed by atoms with Crippen LogP contribution >= 0.6 is 11.6 Å². The summed E-state index contributed by atoms with van der Waals surface area (Å²) in [6.45, 7) is 0. The Balaban J connectivity index is 2.07. The summed E-state index contributed by atoms with van der Waals surface area (Å²) in [5.74, 6) is 0.385. The molecule has 0 saturated heterocycles. The predicted octanol–water partition coefficient (Wildman–Crippen LogP) is 4.19. The van der Waals surface area contributed by atoms with E-state index in [2.05, 4.69) is 5.32 Å². The highest BCUT2D eigenvalue weighted by Gasteiger charge is 2.23. The third-order valence-electron chi connectivity index (χ3n) is 4.06. The fraction of sp³-hybridized carbons (Fsp3) is 0.600. The van der Waals surface area contributed by atoms with Crippen molar-refractivity contribution in [3.8, 4) is 0 Å². The lowest BCUT2D eigenvalue weighted by molar-refractivity contribution is 0.276. The summed E-state index contributed by atoms with van der Waals surface area (Å²) in [5, 5.41) is 3.67. The van der Waals surface area contributed by atoms with Crippen molar-refractivity contribution < 1.29 is 4.39 Å². The molecule has 0 aromatic heterocycles. The first-order valence-electron chi connectivity index (χ1n) is 6.82. The monoisotopic (exact) mass is 269 g/mol. The van der Waals surface area contributed by atoms with Crippen molar-refractivity contribution in [1.82, 2.24) is 5.32 Å². The summed E-state index contributed by atoms with van der Waals surface area (Å²) >= 11 is 6.03. The predicted molar refractivity (Wildman–Crippen MR) is 74.5 cm³/mol. The van der Waals surface area contributed by atoms with Crippen LogP contribution in [-0.2, 0) is 6.42 Å². The topological polar surface area (TPSA) is 12.0 Å². The van der Waals surface area contributed by atoms with Gasteiger partial charge in [-0.2, -0.15) is 0 Å². The maximum Gasteiger partial charge on any atom is 0.142 e. The van der Waals surface area contributed by atoms with Crippen LogP contribution in [0.15, 0.2) is 18.2 Å². The molecule has 0 amide bonds. The molecular weight excluding hydrogens is 249 g/mol. The molecule has 100 valence electrons. The zero-order chi connectivity index (χ0) is 13.0. The highest BCUT2D eigenvalue weighted by molar-refractivity contribution is 6.31. The Bertz CT molecular complexity index is 388. The summed E-state index contributed by atoms with van der Waals surface area (Å²) in [4.78, 5) is 0. The third-order valence-corrected chi connectivity index (χ3v) is 4.48. The van der Waals surface area contributed by atoms with E-state index in [0.29, 0.717) is 12.0 Å². The van der Waals surface area contributed by atoms with E-state index in [1.54, 1.807) is 6.07 Å². The highest BCUT2D eigenvalue weighted by atomic mass is 35.5. The van der Waals surface area contributed by atoms with Crippen LogP contribution in [0.1, 0.15) is 37.7 Å². The maximum absolute atomic E-state index is 13.4. The molecule has 1 aliphatic rings. The first kappa shape index (κ1) is 13.8. The third kappa shape index (κ3) is 3.24. The molecule has 1 unspecified atom stereocenters. The summed E-state index contributed by atoms with van der Waals surface area (Å²) in [6, 6.07) is 5.49. The molecule has 0 bridgehead atoms. The molecule has 1 N–H and O–H groups in total. The van der Waals surface area contributed by atoms with E-state index in [-0.39, 0.29) is 10.8 Å². The van der Waals surface area contributed by atoms with Crippen LogP contribution in [0.2, 0.25) is 5.02 Å². The van der Waals surface area contributed by atoms with Gasteiger partial charge in [0.25, 0.3) is 0 Å². The number of hydrogen-bond acceptors (Lipinski definition) is 1. The van der Waals surface area contributed by atoms with Gasteiger partial charge in [0, 0.05) is 6.04 Å². The van der Waals surface area contributed by atoms with Crippen molar-refractivity contribution in [2.24, 2.45) is 5.92 Å². The average Bonchev–Trinajstić information content (AvgIpc) is 2.41. The lowest BCUT2D eigenvalue weighted by Gasteiger charge is -2.30. The largest absolute Gasteiger partial charge is 0.316 e. The lowest BCUT2D eigenvalue weighted by atomic mass is 9.81. The van der Waals surface area contributed by atoms with E-state index < -0.39 is 0 Å². The molecule has 0 spiro atoms. The van der Waals surface area contributed by atoms with E-state index >= 15 is 0 Å². The number of hydrogen-bond donors (Lipinski definition) is 1. The van der Waals surface area contributed by atoms with E-state index in [4.69, 9.17) is 11.6 Å². The minimum Gasteiger partial charge on any atom is -0.316 e. The summed E-state index contributed by atoms with van der Waals surface area (Å²) in [7, 11) is 1.99. The molecular formula is C15H21ClFN. The number of likely N-dealkylation sites (N-methyl/N-ethyl adjacent to an activating group) is 1. The zero-order valence-electron chi connectivity index (χ0n) is 10.9. The van der Waals surface area contributed by atoms with Gasteiger partial charge in [-0.3, -0.25) is 0 Å². The Morgan fingerprint density at radius 2 is 2.06 bits per heavy atom. The van der Waals surface area contributed by atoms with Crippen LogP contribution in [0.5, 0.6) is 0 Å². The second-order valence-corrected chi connectivity index (χ2v) is 5.59. The Hall–Kier alpha value is -0.600. The molecule has 1 aromatic rings. The lowest BCUT2D eigenvalue weighted by Crippen LogP contribution is -2.36. The van der Waals surface area contributed by atoms with Gasteiger partial charge in [0.2, 0.25) is 0 Å². The number of halogens is 2. The molecule has 0 aliphatic heterocycles. The van der Waals surface area contributed by atoms with Crippen molar-refractivity contribution in [2.75, 3.05) is 7.05 Å². The van der Waals surface area contributed by atoms with Crippen molar-refractivity contribution in [1.29, 1.82) is 0 Å². The van der Waals surface area contributed by atoms with Gasteiger partial charge in [0.1, 0.15) is 5.82 Å². The van der Waals surface area contributed by atoms with Gasteiger partial charge in [-0.05, 0) is 43.9 Å². The van der Waals surface area contributed by atoms with Crippen molar-refractivity contribution >= 4 is 11.6 Å². The number of benzene rings is 1. The Morgan fingerprint density at radius 3 is 2.72 bits per heavy atom. The molecule has 18 heavy (non-hydrogen) atoms. The summed E-state index contributed by atoms with van der Waals surface area (Å²) in [5.41, 5.74) is 0.918. The van der Waals surface area contributed by atoms with Crippen LogP contribution in [0.3, 0.4) is 0 Å². The van der Waals surface area contributed by atoms with Gasteiger partial charge in [-0.15, -0.1) is 0 Å². The molecule has 0 heterocycles. The molecule has 2 rings (SSSR count). The van der Waals surface area contributed by atoms with E-state index in [1.165, 1.54) is 38.2 Å². The number of nitrogens with one attached hydrogen (secondary N) is 1. The molecule has 1 saturated carbocycles. The Kier molecular flexibility index (Phi) is 5.02. The Labute approximate surface area is 114 Å². The van der Waals surface area contributed by atoms with Crippen LogP contribution in [0, 0.1) is 11.7 Å². The van der Waals surface area contributed by atoms with Crippen LogP contribution < -0.4 is 5.32 Å². The maximum atomic E-state index is 13.4. The molecule has 1 atom stereocenters. The minimum absolute atomic E-state index is 0.286. The fourth-order valence-electron chi connectivity index (χ4n) is 2.98. The molecule has 1 fully saturated rings. The quantitative estimate of drug-likeness (QED) is 0.864. The molecule has 0 radical (unpaired) electrons. The smallest absolute Gasteiger partial charge is 0.142 e. The van der Waals surface area contributed by atoms with Crippen LogP contribution in [-0.4, -0.2) is 13.1 Å². The standard InChI is InChI=1S/C15H21ClFN/c1-18-14(11-6-3-2-4-7-11)10-12-8-5-9-13(17)15(12)16/h5,8-9,11,14,18H,2-4,6-7,10H2,1H3. The molecule has 3 heteroatoms. The van der Waals surface area contributed by atoms with Gasteiger partial charge in [0.15, 0.2) is 0 Å². The normalized spacial score (nSPS) is 18.8. The summed E-state index contributed by atoms with van der Waals surface area (Å²) in [6.07, 6.45) is 7.36. The van der Waals surface area contributed by atoms with Gasteiger partial charge < -0.3 is 5.32 Å². The number of rotatable bonds is 4. The average molecular weight is 270 g/mol. The highest BCUT2D eigenvalue weighted by Crippen LogP contribution is 2.29. The van der Waals surface area contributed by atoms with Crippen LogP contribution in [0.4, 0.5) is 4.39 Å². The molecule has 1 aliphatic carbocycles.